The fourth-order valence-electron chi connectivity index (χ4n) is 1.73. The first-order valence-corrected chi connectivity index (χ1v) is 7.46. The number of nitrogens with one attached hydrogen (secondary N) is 1. The summed E-state index contributed by atoms with van der Waals surface area (Å²) in [6, 6.07) is 4.39. The predicted molar refractivity (Wildman–Crippen MR) is 84.8 cm³/mol. The van der Waals surface area contributed by atoms with Crippen molar-refractivity contribution in [3.63, 3.8) is 0 Å². The topological polar surface area (TPSA) is 68.1 Å². The molecule has 1 aromatic heterocycles. The third kappa shape index (κ3) is 3.56. The van der Waals surface area contributed by atoms with Gasteiger partial charge in [0, 0.05) is 16.6 Å². The summed E-state index contributed by atoms with van der Waals surface area (Å²) in [5.41, 5.74) is 1.15. The summed E-state index contributed by atoms with van der Waals surface area (Å²) in [5.74, 6) is 0.135. The summed E-state index contributed by atoms with van der Waals surface area (Å²) in [5, 5.41) is 13.9. The molecular formula is C13H10Br2FN3O2. The Morgan fingerprint density at radius 1 is 1.43 bits per heavy atom. The Kier molecular flexibility index (Phi) is 4.89. The second-order valence-electron chi connectivity index (χ2n) is 4.28. The van der Waals surface area contributed by atoms with Crippen LogP contribution in [0.4, 0.5) is 15.9 Å². The largest absolute Gasteiger partial charge is 0.365 e. The van der Waals surface area contributed by atoms with E-state index in [-0.39, 0.29) is 11.5 Å². The molecule has 0 amide bonds. The molecule has 1 N–H and O–H groups in total. The average molecular weight is 419 g/mol. The van der Waals surface area contributed by atoms with Crippen molar-refractivity contribution in [2.45, 2.75) is 13.5 Å². The van der Waals surface area contributed by atoms with Gasteiger partial charge in [-0.3, -0.25) is 10.1 Å². The van der Waals surface area contributed by atoms with Crippen LogP contribution in [0.25, 0.3) is 0 Å². The zero-order chi connectivity index (χ0) is 15.6. The quantitative estimate of drug-likeness (QED) is 0.583. The van der Waals surface area contributed by atoms with Gasteiger partial charge in [0.05, 0.1) is 9.40 Å². The second kappa shape index (κ2) is 6.48. The van der Waals surface area contributed by atoms with Crippen molar-refractivity contribution < 1.29 is 9.31 Å². The van der Waals surface area contributed by atoms with Gasteiger partial charge >= 0.3 is 0 Å². The molecule has 2 rings (SSSR count). The van der Waals surface area contributed by atoms with Crippen molar-refractivity contribution in [1.29, 1.82) is 0 Å². The Morgan fingerprint density at radius 3 is 2.81 bits per heavy atom. The molecule has 0 fully saturated rings. The molecule has 0 saturated carbocycles. The molecule has 1 heterocycles. The van der Waals surface area contributed by atoms with E-state index in [1.807, 2.05) is 0 Å². The van der Waals surface area contributed by atoms with E-state index in [2.05, 4.69) is 42.2 Å². The third-order valence-electron chi connectivity index (χ3n) is 2.89. The lowest BCUT2D eigenvalue weighted by Crippen LogP contribution is -2.05. The molecular weight excluding hydrogens is 409 g/mol. The van der Waals surface area contributed by atoms with Gasteiger partial charge in [-0.25, -0.2) is 9.37 Å². The van der Waals surface area contributed by atoms with Crippen molar-refractivity contribution in [3.05, 3.63) is 60.4 Å². The maximum Gasteiger partial charge on any atom is 0.291 e. The summed E-state index contributed by atoms with van der Waals surface area (Å²) >= 11 is 6.63. The predicted octanol–water partition coefficient (Wildman–Crippen LogP) is 4.57. The molecule has 0 saturated heterocycles. The zero-order valence-corrected chi connectivity index (χ0v) is 14.0. The fraction of sp³-hybridized carbons (Fsp3) is 0.154. The van der Waals surface area contributed by atoms with Crippen LogP contribution < -0.4 is 5.32 Å². The molecule has 0 aliphatic heterocycles. The maximum absolute atomic E-state index is 13.2. The van der Waals surface area contributed by atoms with Gasteiger partial charge in [-0.2, -0.15) is 0 Å². The van der Waals surface area contributed by atoms with Gasteiger partial charge in [0.1, 0.15) is 17.8 Å². The Bertz CT molecular complexity index is 710. The lowest BCUT2D eigenvalue weighted by molar-refractivity contribution is -0.385. The molecule has 0 atom stereocenters. The van der Waals surface area contributed by atoms with Crippen molar-refractivity contribution >= 4 is 43.4 Å². The molecule has 0 aliphatic rings. The van der Waals surface area contributed by atoms with Crippen LogP contribution in [0.2, 0.25) is 0 Å². The molecule has 110 valence electrons. The van der Waals surface area contributed by atoms with Crippen LogP contribution in [0.3, 0.4) is 0 Å². The smallest absolute Gasteiger partial charge is 0.291 e. The minimum absolute atomic E-state index is 0.0561. The molecule has 0 radical (unpaired) electrons. The number of nitro groups is 1. The van der Waals surface area contributed by atoms with E-state index in [0.717, 1.165) is 10.0 Å². The summed E-state index contributed by atoms with van der Waals surface area (Å²) in [4.78, 5) is 14.4. The number of aromatic nitrogens is 1. The van der Waals surface area contributed by atoms with Crippen LogP contribution in [0, 0.1) is 22.9 Å². The van der Waals surface area contributed by atoms with Crippen LogP contribution in [0.1, 0.15) is 11.1 Å². The van der Waals surface area contributed by atoms with E-state index in [9.17, 15) is 14.5 Å². The zero-order valence-electron chi connectivity index (χ0n) is 10.9. The molecule has 5 nitrogen and oxygen atoms in total. The molecule has 1 aromatic carbocycles. The SMILES string of the molecule is Cc1c([N+](=O)[O-])cnc(NCc2cc(F)ccc2Br)c1Br. The van der Waals surface area contributed by atoms with E-state index < -0.39 is 4.92 Å². The highest BCUT2D eigenvalue weighted by atomic mass is 79.9. The highest BCUT2D eigenvalue weighted by Crippen LogP contribution is 2.31. The van der Waals surface area contributed by atoms with Crippen LogP contribution in [0.15, 0.2) is 33.3 Å². The van der Waals surface area contributed by atoms with Gasteiger partial charge < -0.3 is 5.32 Å². The Balaban J connectivity index is 2.23. The van der Waals surface area contributed by atoms with Gasteiger partial charge in [0.25, 0.3) is 5.69 Å². The van der Waals surface area contributed by atoms with E-state index in [0.29, 0.717) is 22.4 Å². The number of anilines is 1. The summed E-state index contributed by atoms with van der Waals surface area (Å²) < 4.78 is 14.5. The molecule has 21 heavy (non-hydrogen) atoms. The molecule has 2 aromatic rings. The number of halogens is 3. The van der Waals surface area contributed by atoms with Crippen LogP contribution in [0.5, 0.6) is 0 Å². The normalized spacial score (nSPS) is 10.5. The highest BCUT2D eigenvalue weighted by molar-refractivity contribution is 9.11. The van der Waals surface area contributed by atoms with E-state index >= 15 is 0 Å². The Hall–Kier alpha value is -1.54. The van der Waals surface area contributed by atoms with Gasteiger partial charge in [0.15, 0.2) is 0 Å². The molecule has 0 aliphatic carbocycles. The molecule has 8 heteroatoms. The first-order chi connectivity index (χ1) is 9.90. The van der Waals surface area contributed by atoms with E-state index in [1.54, 1.807) is 13.0 Å². The highest BCUT2D eigenvalue weighted by Gasteiger charge is 2.17. The molecule has 0 bridgehead atoms. The molecule has 0 spiro atoms. The summed E-state index contributed by atoms with van der Waals surface area (Å²) in [7, 11) is 0. The Labute approximate surface area is 137 Å². The Morgan fingerprint density at radius 2 is 2.14 bits per heavy atom. The number of benzene rings is 1. The minimum Gasteiger partial charge on any atom is -0.365 e. The first-order valence-electron chi connectivity index (χ1n) is 5.87. The summed E-state index contributed by atoms with van der Waals surface area (Å²) in [6.07, 6.45) is 1.20. The second-order valence-corrected chi connectivity index (χ2v) is 5.92. The van der Waals surface area contributed by atoms with Crippen LogP contribution in [-0.2, 0) is 6.54 Å². The number of rotatable bonds is 4. The van der Waals surface area contributed by atoms with Crippen molar-refractivity contribution in [1.82, 2.24) is 4.98 Å². The minimum atomic E-state index is -0.486. The monoisotopic (exact) mass is 417 g/mol. The maximum atomic E-state index is 13.2. The van der Waals surface area contributed by atoms with Gasteiger partial charge in [-0.05, 0) is 46.6 Å². The summed E-state index contributed by atoms with van der Waals surface area (Å²) in [6.45, 7) is 1.97. The lowest BCUT2D eigenvalue weighted by Gasteiger charge is -2.10. The number of pyridine rings is 1. The van der Waals surface area contributed by atoms with E-state index in [1.165, 1.54) is 18.3 Å². The molecule has 0 unspecified atom stereocenters. The fourth-order valence-corrected chi connectivity index (χ4v) is 2.57. The van der Waals surface area contributed by atoms with Gasteiger partial charge in [0.2, 0.25) is 0 Å². The number of nitrogens with zero attached hydrogens (tertiary/aromatic N) is 2. The van der Waals surface area contributed by atoms with Gasteiger partial charge in [-0.15, -0.1) is 0 Å². The van der Waals surface area contributed by atoms with Crippen molar-refractivity contribution in [2.75, 3.05) is 5.32 Å². The van der Waals surface area contributed by atoms with E-state index in [4.69, 9.17) is 0 Å². The average Bonchev–Trinajstić information content (AvgIpc) is 2.43. The van der Waals surface area contributed by atoms with Crippen LogP contribution in [-0.4, -0.2) is 9.91 Å². The third-order valence-corrected chi connectivity index (χ3v) is 4.63. The van der Waals surface area contributed by atoms with Crippen molar-refractivity contribution in [2.24, 2.45) is 0 Å². The number of hydrogen-bond acceptors (Lipinski definition) is 4. The number of hydrogen-bond donors (Lipinski definition) is 1. The van der Waals surface area contributed by atoms with Crippen LogP contribution >= 0.6 is 31.9 Å². The van der Waals surface area contributed by atoms with Crippen molar-refractivity contribution in [3.8, 4) is 0 Å². The first kappa shape index (κ1) is 15.8. The lowest BCUT2D eigenvalue weighted by atomic mass is 10.2. The van der Waals surface area contributed by atoms with Gasteiger partial charge in [-0.1, -0.05) is 15.9 Å². The standard InChI is InChI=1S/C13H10Br2FN3O2/c1-7-11(19(20)21)6-18-13(12(7)15)17-5-8-4-9(16)2-3-10(8)14/h2-4,6H,5H2,1H3,(H,17,18).